The highest BCUT2D eigenvalue weighted by molar-refractivity contribution is 5.97. The van der Waals surface area contributed by atoms with Gasteiger partial charge in [-0.05, 0) is 99.6 Å². The zero-order chi connectivity index (χ0) is 36.4. The first-order chi connectivity index (χ1) is 26.6. The second-order valence-electron chi connectivity index (χ2n) is 13.6. The fourth-order valence-electron chi connectivity index (χ4n) is 7.41. The molecule has 0 spiro atoms. The van der Waals surface area contributed by atoms with Gasteiger partial charge >= 0.3 is 0 Å². The van der Waals surface area contributed by atoms with Crippen molar-refractivity contribution in [2.24, 2.45) is 0 Å². The quantitative estimate of drug-likeness (QED) is 0.172. The number of para-hydroxylation sites is 3. The van der Waals surface area contributed by atoms with Crippen molar-refractivity contribution in [2.45, 2.75) is 12.8 Å². The molecular formula is C50H37N3O. The first-order valence-electron chi connectivity index (χ1n) is 18.3. The van der Waals surface area contributed by atoms with E-state index in [0.717, 1.165) is 61.4 Å². The number of phenols is 1. The molecule has 2 aromatic heterocycles. The minimum Gasteiger partial charge on any atom is -0.507 e. The first-order valence-corrected chi connectivity index (χ1v) is 18.3. The molecule has 0 bridgehead atoms. The van der Waals surface area contributed by atoms with Crippen LogP contribution >= 0.6 is 0 Å². The molecule has 1 atom stereocenters. The van der Waals surface area contributed by atoms with Gasteiger partial charge in [0, 0.05) is 28.9 Å². The highest BCUT2D eigenvalue weighted by atomic mass is 16.3. The van der Waals surface area contributed by atoms with Gasteiger partial charge in [0.2, 0.25) is 0 Å². The van der Waals surface area contributed by atoms with Gasteiger partial charge in [0.05, 0.1) is 22.3 Å². The van der Waals surface area contributed by atoms with Gasteiger partial charge in [-0.1, -0.05) is 134 Å². The van der Waals surface area contributed by atoms with Gasteiger partial charge in [0.15, 0.2) is 0 Å². The summed E-state index contributed by atoms with van der Waals surface area (Å²) in [4.78, 5) is 10.2. The summed E-state index contributed by atoms with van der Waals surface area (Å²) in [5, 5.41) is 11.0. The van der Waals surface area contributed by atoms with E-state index in [9.17, 15) is 5.11 Å². The smallest absolute Gasteiger partial charge is 0.149 e. The van der Waals surface area contributed by atoms with Crippen LogP contribution in [0.1, 0.15) is 24.0 Å². The van der Waals surface area contributed by atoms with E-state index in [4.69, 9.17) is 9.97 Å². The predicted octanol–water partition coefficient (Wildman–Crippen LogP) is 12.6. The highest BCUT2D eigenvalue weighted by Crippen LogP contribution is 2.40. The lowest BCUT2D eigenvalue weighted by Crippen LogP contribution is -1.97. The number of hydrogen-bond donors (Lipinski definition) is 1. The Morgan fingerprint density at radius 2 is 1.09 bits per heavy atom. The van der Waals surface area contributed by atoms with Crippen LogP contribution in [0.3, 0.4) is 0 Å². The van der Waals surface area contributed by atoms with E-state index >= 15 is 0 Å². The molecule has 54 heavy (non-hydrogen) atoms. The van der Waals surface area contributed by atoms with Gasteiger partial charge in [0.25, 0.3) is 0 Å². The van der Waals surface area contributed by atoms with Crippen LogP contribution < -0.4 is 0 Å². The minimum absolute atomic E-state index is 0.185. The van der Waals surface area contributed by atoms with Crippen molar-refractivity contribution in [2.75, 3.05) is 0 Å². The molecule has 0 fully saturated rings. The monoisotopic (exact) mass is 695 g/mol. The molecular weight excluding hydrogens is 659 g/mol. The van der Waals surface area contributed by atoms with Crippen molar-refractivity contribution >= 4 is 11.0 Å². The molecule has 258 valence electrons. The fourth-order valence-corrected chi connectivity index (χ4v) is 7.41. The van der Waals surface area contributed by atoms with Crippen molar-refractivity contribution in [1.82, 2.24) is 14.5 Å². The maximum Gasteiger partial charge on any atom is 0.149 e. The van der Waals surface area contributed by atoms with Crippen LogP contribution in [-0.2, 0) is 0 Å². The number of pyridine rings is 1. The second kappa shape index (κ2) is 14.2. The van der Waals surface area contributed by atoms with E-state index in [0.29, 0.717) is 11.4 Å². The SMILES string of the molecule is CC(c1ccccc1)c1ccc(-c2cc(-c3cc(-c4ccccc4)ccn3)cc(-c3cccc4c3nc(-c3ccccc3O)n4-c3ccccc3)c2)cc1. The van der Waals surface area contributed by atoms with Crippen LogP contribution in [0.5, 0.6) is 5.75 Å². The van der Waals surface area contributed by atoms with Crippen molar-refractivity contribution in [1.29, 1.82) is 0 Å². The molecule has 1 unspecified atom stereocenters. The Morgan fingerprint density at radius 3 is 1.85 bits per heavy atom. The number of fused-ring (bicyclic) bond motifs is 1. The van der Waals surface area contributed by atoms with Crippen LogP contribution in [0.2, 0.25) is 0 Å². The summed E-state index contributed by atoms with van der Waals surface area (Å²) in [6, 6.07) is 64.9. The van der Waals surface area contributed by atoms with Crippen LogP contribution in [-0.4, -0.2) is 19.6 Å². The van der Waals surface area contributed by atoms with Crippen molar-refractivity contribution in [3.05, 3.63) is 205 Å². The molecule has 9 aromatic rings. The van der Waals surface area contributed by atoms with Gasteiger partial charge in [-0.25, -0.2) is 4.98 Å². The maximum atomic E-state index is 11.0. The molecule has 4 heteroatoms. The normalized spacial score (nSPS) is 11.8. The molecule has 0 amide bonds. The largest absolute Gasteiger partial charge is 0.507 e. The van der Waals surface area contributed by atoms with Gasteiger partial charge < -0.3 is 5.11 Å². The molecule has 0 saturated heterocycles. The standard InChI is InChI=1S/C50H37N3O/c1-34(35-14-5-2-6-15-35)36-24-26-38(27-25-36)40-30-41(32-42(31-40)46-33-39(28-29-51-46)37-16-7-3-8-17-37)44-21-13-22-47-49(44)52-50(45-20-11-12-23-48(45)54)53(47)43-18-9-4-10-19-43/h2-34,54H,1H3. The zero-order valence-corrected chi connectivity index (χ0v) is 29.8. The number of benzene rings is 7. The Morgan fingerprint density at radius 1 is 0.481 bits per heavy atom. The Labute approximate surface area is 315 Å². The maximum absolute atomic E-state index is 11.0. The lowest BCUT2D eigenvalue weighted by atomic mass is 9.90. The molecule has 4 nitrogen and oxygen atoms in total. The molecule has 0 aliphatic carbocycles. The van der Waals surface area contributed by atoms with E-state index in [1.54, 1.807) is 6.07 Å². The Bertz CT molecular complexity index is 2720. The Balaban J connectivity index is 1.23. The topological polar surface area (TPSA) is 50.9 Å². The number of imidazole rings is 1. The van der Waals surface area contributed by atoms with Crippen molar-refractivity contribution in [3.8, 4) is 67.5 Å². The van der Waals surface area contributed by atoms with E-state index in [-0.39, 0.29) is 11.7 Å². The van der Waals surface area contributed by atoms with Crippen molar-refractivity contribution in [3.63, 3.8) is 0 Å². The van der Waals surface area contributed by atoms with E-state index < -0.39 is 0 Å². The molecule has 2 heterocycles. The Kier molecular flexibility index (Phi) is 8.62. The number of nitrogens with zero attached hydrogens (tertiary/aromatic N) is 3. The third-order valence-electron chi connectivity index (χ3n) is 10.3. The van der Waals surface area contributed by atoms with E-state index in [1.807, 2.05) is 48.7 Å². The minimum atomic E-state index is 0.185. The predicted molar refractivity (Wildman–Crippen MR) is 222 cm³/mol. The van der Waals surface area contributed by atoms with Gasteiger partial charge in [-0.3, -0.25) is 9.55 Å². The van der Waals surface area contributed by atoms with Gasteiger partial charge in [0.1, 0.15) is 11.6 Å². The van der Waals surface area contributed by atoms with Gasteiger partial charge in [-0.2, -0.15) is 0 Å². The average Bonchev–Trinajstić information content (AvgIpc) is 3.64. The highest BCUT2D eigenvalue weighted by Gasteiger charge is 2.20. The average molecular weight is 696 g/mol. The summed E-state index contributed by atoms with van der Waals surface area (Å²) in [5.41, 5.74) is 14.4. The number of phenolic OH excluding ortho intramolecular Hbond substituents is 1. The Hall–Kier alpha value is -7.04. The molecule has 7 aromatic carbocycles. The number of rotatable bonds is 8. The molecule has 0 radical (unpaired) electrons. The van der Waals surface area contributed by atoms with Gasteiger partial charge in [-0.15, -0.1) is 0 Å². The molecule has 0 aliphatic heterocycles. The summed E-state index contributed by atoms with van der Waals surface area (Å²) in [7, 11) is 0. The van der Waals surface area contributed by atoms with Crippen LogP contribution in [0.15, 0.2) is 194 Å². The third kappa shape index (κ3) is 6.24. The summed E-state index contributed by atoms with van der Waals surface area (Å²) < 4.78 is 2.14. The molecule has 0 saturated carbocycles. The number of aromatic hydroxyl groups is 1. The van der Waals surface area contributed by atoms with E-state index in [1.165, 1.54) is 11.1 Å². The first kappa shape index (κ1) is 32.8. The summed E-state index contributed by atoms with van der Waals surface area (Å²) in [6.07, 6.45) is 1.89. The summed E-state index contributed by atoms with van der Waals surface area (Å²) in [6.45, 7) is 2.26. The fraction of sp³-hybridized carbons (Fsp3) is 0.0400. The molecule has 1 N–H and O–H groups in total. The molecule has 9 rings (SSSR count). The number of aromatic nitrogens is 3. The van der Waals surface area contributed by atoms with Crippen LogP contribution in [0.25, 0.3) is 72.7 Å². The van der Waals surface area contributed by atoms with Crippen LogP contribution in [0.4, 0.5) is 0 Å². The second-order valence-corrected chi connectivity index (χ2v) is 13.6. The lowest BCUT2D eigenvalue weighted by molar-refractivity contribution is 0.477. The van der Waals surface area contributed by atoms with Crippen LogP contribution in [0, 0.1) is 0 Å². The summed E-state index contributed by atoms with van der Waals surface area (Å²) in [5.74, 6) is 1.14. The van der Waals surface area contributed by atoms with Crippen molar-refractivity contribution < 1.29 is 5.11 Å². The zero-order valence-electron chi connectivity index (χ0n) is 29.8. The molecule has 0 aliphatic rings. The lowest BCUT2D eigenvalue weighted by Gasteiger charge is -2.15. The van der Waals surface area contributed by atoms with E-state index in [2.05, 4.69) is 151 Å². The third-order valence-corrected chi connectivity index (χ3v) is 10.3. The number of hydrogen-bond acceptors (Lipinski definition) is 3. The summed E-state index contributed by atoms with van der Waals surface area (Å²) >= 11 is 0.